The lowest BCUT2D eigenvalue weighted by Gasteiger charge is -2.19. The van der Waals surface area contributed by atoms with Crippen molar-refractivity contribution in [3.63, 3.8) is 0 Å². The second-order valence-corrected chi connectivity index (χ2v) is 9.88. The van der Waals surface area contributed by atoms with E-state index >= 15 is 0 Å². The number of alkyl carbamates (subject to hydrolysis) is 1. The number of anilines is 2. The Morgan fingerprint density at radius 3 is 2.59 bits per heavy atom. The molecule has 212 valence electrons. The van der Waals surface area contributed by atoms with Crippen molar-refractivity contribution in [3.05, 3.63) is 34.8 Å². The van der Waals surface area contributed by atoms with Gasteiger partial charge >= 0.3 is 6.09 Å². The monoisotopic (exact) mass is 607 g/mol. The summed E-state index contributed by atoms with van der Waals surface area (Å²) in [5.41, 5.74) is 7.42. The highest BCUT2D eigenvalue weighted by Crippen LogP contribution is 2.25. The minimum atomic E-state index is -0.553. The zero-order valence-electron chi connectivity index (χ0n) is 22.6. The van der Waals surface area contributed by atoms with Gasteiger partial charge in [-0.15, -0.1) is 0 Å². The molecule has 2 heterocycles. The van der Waals surface area contributed by atoms with Crippen LogP contribution in [0.1, 0.15) is 40.4 Å². The number of nitrogens with zero attached hydrogens (tertiary/aromatic N) is 5. The molecule has 0 aliphatic rings. The van der Waals surface area contributed by atoms with E-state index in [1.54, 1.807) is 0 Å². The molecule has 0 saturated heterocycles. The molecule has 2 amide bonds. The Labute approximate surface area is 235 Å². The van der Waals surface area contributed by atoms with Crippen molar-refractivity contribution in [2.45, 2.75) is 59.9 Å². The number of hydrogen-bond donors (Lipinski definition) is 2. The normalized spacial score (nSPS) is 10.8. The highest BCUT2D eigenvalue weighted by atomic mass is 79.9. The molecule has 3 N–H and O–H groups in total. The van der Waals surface area contributed by atoms with Crippen LogP contribution in [-0.4, -0.2) is 52.3 Å². The zero-order chi connectivity index (χ0) is 29.2. The topological polar surface area (TPSA) is 169 Å². The summed E-state index contributed by atoms with van der Waals surface area (Å²) in [7, 11) is 0. The summed E-state index contributed by atoms with van der Waals surface area (Å²) in [5, 5.41) is 10.9. The number of benzene rings is 1. The molecule has 0 bridgehead atoms. The quantitative estimate of drug-likeness (QED) is 0.197. The van der Waals surface area contributed by atoms with Gasteiger partial charge in [-0.1, -0.05) is 0 Å². The van der Waals surface area contributed by atoms with Crippen LogP contribution in [0.25, 0.3) is 11.0 Å². The maximum atomic E-state index is 12.0. The molecule has 0 fully saturated rings. The number of carbonyl (C=O) groups excluding carboxylic acids is 3. The number of rotatable bonds is 10. The van der Waals surface area contributed by atoms with Gasteiger partial charge in [0.05, 0.1) is 25.8 Å². The highest BCUT2D eigenvalue weighted by molar-refractivity contribution is 9.10. The number of carbonyl (C=O) groups is 3. The first-order valence-corrected chi connectivity index (χ1v) is 13.0. The van der Waals surface area contributed by atoms with Gasteiger partial charge < -0.3 is 30.4 Å². The summed E-state index contributed by atoms with van der Waals surface area (Å²) in [6, 6.07) is 5.84. The lowest BCUT2D eigenvalue weighted by Crippen LogP contribution is -2.40. The van der Waals surface area contributed by atoms with Crippen LogP contribution in [-0.2, 0) is 34.0 Å². The molecule has 14 heteroatoms. The van der Waals surface area contributed by atoms with Gasteiger partial charge in [0, 0.05) is 12.5 Å². The summed E-state index contributed by atoms with van der Waals surface area (Å²) in [6.45, 7) is 11.3. The van der Waals surface area contributed by atoms with E-state index in [-0.39, 0.29) is 24.8 Å². The Kier molecular flexibility index (Phi) is 11.5. The van der Waals surface area contributed by atoms with Gasteiger partial charge in [-0.25, -0.2) is 23.9 Å². The number of amides is 2. The van der Waals surface area contributed by atoms with E-state index in [2.05, 4.69) is 40.3 Å². The van der Waals surface area contributed by atoms with Crippen molar-refractivity contribution < 1.29 is 33.5 Å². The lowest BCUT2D eigenvalue weighted by molar-refractivity contribution is -0.676. The smallest absolute Gasteiger partial charge is 0.407 e. The van der Waals surface area contributed by atoms with Crippen LogP contribution in [0.3, 0.4) is 0 Å². The molecule has 0 radical (unpaired) electrons. The molecule has 39 heavy (non-hydrogen) atoms. The van der Waals surface area contributed by atoms with Crippen LogP contribution in [0.5, 0.6) is 5.75 Å². The maximum Gasteiger partial charge on any atom is 0.407 e. The fourth-order valence-electron chi connectivity index (χ4n) is 3.87. The Bertz CT molecular complexity index is 1290. The van der Waals surface area contributed by atoms with Crippen LogP contribution < -0.4 is 30.4 Å². The fourth-order valence-corrected chi connectivity index (χ4v) is 4.14. The van der Waals surface area contributed by atoms with E-state index in [0.29, 0.717) is 36.4 Å². The molecular formula is C25H34BrN7O6. The molecule has 2 aromatic heterocycles. The number of ether oxygens (including phenoxy) is 2. The van der Waals surface area contributed by atoms with Crippen molar-refractivity contribution in [1.82, 2.24) is 19.9 Å². The van der Waals surface area contributed by atoms with E-state index < -0.39 is 18.2 Å². The fraction of sp³-hybridized carbons (Fsp3) is 0.440. The number of nitrogen functional groups attached to an aromatic ring is 1. The largest absolute Gasteiger partial charge is 0.554 e. The molecule has 3 aromatic rings. The SMILES string of the molecule is CCn1c(CN(C=O)c2nc(Br)cnc2N)[n+](CC)c2ccc(OCCNC(=O)OC(C)(C)C)cc21.O=C[O-]. The molecule has 13 nitrogen and oxygen atoms in total. The van der Waals surface area contributed by atoms with Gasteiger partial charge in [0.1, 0.15) is 29.1 Å². The van der Waals surface area contributed by atoms with Gasteiger partial charge in [0.2, 0.25) is 6.41 Å². The molecule has 0 atom stereocenters. The van der Waals surface area contributed by atoms with Crippen LogP contribution >= 0.6 is 15.9 Å². The van der Waals surface area contributed by atoms with Crippen molar-refractivity contribution in [1.29, 1.82) is 0 Å². The van der Waals surface area contributed by atoms with Crippen LogP contribution in [0.4, 0.5) is 16.4 Å². The second-order valence-electron chi connectivity index (χ2n) is 9.06. The predicted octanol–water partition coefficient (Wildman–Crippen LogP) is 1.54. The molecular weight excluding hydrogens is 574 g/mol. The molecule has 3 rings (SSSR count). The average Bonchev–Trinajstić information content (AvgIpc) is 3.17. The minimum Gasteiger partial charge on any atom is -0.554 e. The van der Waals surface area contributed by atoms with E-state index in [0.717, 1.165) is 16.9 Å². The Morgan fingerprint density at radius 1 is 1.31 bits per heavy atom. The van der Waals surface area contributed by atoms with Gasteiger partial charge in [-0.05, 0) is 62.7 Å². The van der Waals surface area contributed by atoms with Crippen LogP contribution in [0.2, 0.25) is 0 Å². The number of halogens is 1. The number of imidazole rings is 1. The maximum absolute atomic E-state index is 12.0. The average molecular weight is 608 g/mol. The molecule has 1 aromatic carbocycles. The minimum absolute atomic E-state index is 0.170. The Morgan fingerprint density at radius 2 is 2.00 bits per heavy atom. The van der Waals surface area contributed by atoms with Gasteiger partial charge in [0.15, 0.2) is 22.7 Å². The van der Waals surface area contributed by atoms with Crippen LogP contribution in [0, 0.1) is 0 Å². The highest BCUT2D eigenvalue weighted by Gasteiger charge is 2.27. The molecule has 0 saturated carbocycles. The number of carboxylic acid groups (broad SMARTS) is 1. The molecule has 0 aliphatic carbocycles. The molecule has 0 spiro atoms. The third-order valence-electron chi connectivity index (χ3n) is 5.29. The summed E-state index contributed by atoms with van der Waals surface area (Å²) in [5.74, 6) is 2.04. The number of aromatic nitrogens is 4. The first-order chi connectivity index (χ1) is 18.5. The van der Waals surface area contributed by atoms with Gasteiger partial charge in [0.25, 0.3) is 5.82 Å². The first kappa shape index (κ1) is 31.3. The summed E-state index contributed by atoms with van der Waals surface area (Å²) in [4.78, 5) is 42.0. The Hall–Kier alpha value is -3.94. The lowest BCUT2D eigenvalue weighted by atomic mass is 10.2. The number of nitrogens with one attached hydrogen (secondary N) is 1. The summed E-state index contributed by atoms with van der Waals surface area (Å²) in [6.07, 6.45) is 1.71. The Balaban J connectivity index is 0.00000170. The number of fused-ring (bicyclic) bond motifs is 1. The van der Waals surface area contributed by atoms with Crippen molar-refractivity contribution in [2.75, 3.05) is 23.8 Å². The van der Waals surface area contributed by atoms with E-state index in [1.165, 1.54) is 11.1 Å². The number of nitrogens with two attached hydrogens (primary N) is 1. The number of hydrogen-bond acceptors (Lipinski definition) is 9. The number of aryl methyl sites for hydroxylation is 2. The zero-order valence-corrected chi connectivity index (χ0v) is 24.2. The van der Waals surface area contributed by atoms with E-state index in [1.807, 2.05) is 52.8 Å². The van der Waals surface area contributed by atoms with Gasteiger partial charge in [-0.3, -0.25) is 9.69 Å². The van der Waals surface area contributed by atoms with E-state index in [9.17, 15) is 9.59 Å². The van der Waals surface area contributed by atoms with Crippen molar-refractivity contribution in [3.8, 4) is 5.75 Å². The van der Waals surface area contributed by atoms with Crippen LogP contribution in [0.15, 0.2) is 29.0 Å². The van der Waals surface area contributed by atoms with Crippen molar-refractivity contribution in [2.24, 2.45) is 0 Å². The summed E-state index contributed by atoms with van der Waals surface area (Å²) >= 11 is 3.29. The summed E-state index contributed by atoms with van der Waals surface area (Å²) < 4.78 is 15.9. The molecule has 0 aliphatic heterocycles. The third-order valence-corrected chi connectivity index (χ3v) is 5.67. The van der Waals surface area contributed by atoms with Crippen molar-refractivity contribution >= 4 is 57.6 Å². The van der Waals surface area contributed by atoms with E-state index in [4.69, 9.17) is 25.1 Å². The molecule has 0 unspecified atom stereocenters. The predicted molar refractivity (Wildman–Crippen MR) is 146 cm³/mol. The second kappa shape index (κ2) is 14.3. The first-order valence-electron chi connectivity index (χ1n) is 12.2. The standard InChI is InChI=1S/C24H32BrN7O4.CH2O2/c1-6-31-17-9-8-16(35-11-10-27-23(34)36-24(3,4)5)12-18(17)32(7-2)20(31)14-30(15-33)22-21(26)28-13-19(25)29-22;2-1-3/h8-9,12-13,15H,6-7,10-11,14H2,1-5H3,(H2-,26,27,28,34);1H,(H,2,3). The third kappa shape index (κ3) is 8.53. The van der Waals surface area contributed by atoms with Gasteiger partial charge in [-0.2, -0.15) is 0 Å².